The molecule has 0 atom stereocenters. The van der Waals surface area contributed by atoms with E-state index in [2.05, 4.69) is 10.5 Å². The molecule has 0 aliphatic heterocycles. The molecule has 0 aliphatic carbocycles. The lowest BCUT2D eigenvalue weighted by Gasteiger charge is -2.07. The average molecular weight is 353 g/mol. The minimum Gasteiger partial charge on any atom is -0.497 e. The van der Waals surface area contributed by atoms with Gasteiger partial charge in [-0.25, -0.2) is 9.36 Å². The first-order valence-electron chi connectivity index (χ1n) is 8.19. The van der Waals surface area contributed by atoms with Gasteiger partial charge in [-0.2, -0.15) is 0 Å². The van der Waals surface area contributed by atoms with Crippen LogP contribution in [0.5, 0.6) is 5.75 Å². The zero-order valence-electron chi connectivity index (χ0n) is 14.3. The van der Waals surface area contributed by atoms with Crippen LogP contribution in [0.4, 0.5) is 0 Å². The van der Waals surface area contributed by atoms with Crippen molar-refractivity contribution in [3.8, 4) is 17.1 Å². The van der Waals surface area contributed by atoms with Gasteiger partial charge in [-0.1, -0.05) is 35.5 Å². The number of hydrogen-bond acceptors (Lipinski definition) is 5. The van der Waals surface area contributed by atoms with Crippen molar-refractivity contribution >= 4 is 5.91 Å². The summed E-state index contributed by atoms with van der Waals surface area (Å²) in [6, 6.07) is 16.8. The summed E-state index contributed by atoms with van der Waals surface area (Å²) in [5.41, 5.74) is 1.79. The van der Waals surface area contributed by atoms with Gasteiger partial charge in [0.05, 0.1) is 7.11 Å². The van der Waals surface area contributed by atoms with Crippen molar-refractivity contribution < 1.29 is 14.1 Å². The second-order valence-corrected chi connectivity index (χ2v) is 5.67. The van der Waals surface area contributed by atoms with Gasteiger partial charge >= 0.3 is 5.76 Å². The van der Waals surface area contributed by atoms with E-state index in [0.717, 1.165) is 12.0 Å². The number of amides is 1. The first kappa shape index (κ1) is 17.5. The fourth-order valence-corrected chi connectivity index (χ4v) is 2.55. The molecule has 0 aliphatic rings. The van der Waals surface area contributed by atoms with Crippen molar-refractivity contribution in [1.29, 1.82) is 0 Å². The van der Waals surface area contributed by atoms with Crippen LogP contribution in [0.2, 0.25) is 0 Å². The van der Waals surface area contributed by atoms with Crippen molar-refractivity contribution in [3.05, 3.63) is 70.7 Å². The third kappa shape index (κ3) is 4.18. The van der Waals surface area contributed by atoms with Crippen molar-refractivity contribution in [1.82, 2.24) is 15.0 Å². The maximum atomic E-state index is 12.2. The van der Waals surface area contributed by atoms with E-state index in [1.807, 2.05) is 30.3 Å². The summed E-state index contributed by atoms with van der Waals surface area (Å²) in [6.45, 7) is 0.333. The number of rotatable bonds is 7. The Hall–Kier alpha value is -3.35. The van der Waals surface area contributed by atoms with Gasteiger partial charge in [0, 0.05) is 12.1 Å². The molecule has 0 spiro atoms. The van der Waals surface area contributed by atoms with Gasteiger partial charge in [0.15, 0.2) is 5.82 Å². The van der Waals surface area contributed by atoms with E-state index in [9.17, 15) is 9.59 Å². The van der Waals surface area contributed by atoms with E-state index < -0.39 is 5.76 Å². The van der Waals surface area contributed by atoms with Crippen LogP contribution < -0.4 is 15.8 Å². The molecule has 7 heteroatoms. The fourth-order valence-electron chi connectivity index (χ4n) is 2.55. The molecule has 2 aromatic carbocycles. The Morgan fingerprint density at radius 2 is 1.88 bits per heavy atom. The quantitative estimate of drug-likeness (QED) is 0.701. The molecule has 1 N–H and O–H groups in total. The average Bonchev–Trinajstić information content (AvgIpc) is 3.03. The van der Waals surface area contributed by atoms with Crippen LogP contribution in [0, 0.1) is 0 Å². The molecular formula is C19H19N3O4. The highest BCUT2D eigenvalue weighted by atomic mass is 16.5. The predicted octanol–water partition coefficient (Wildman–Crippen LogP) is 1.87. The van der Waals surface area contributed by atoms with E-state index in [-0.39, 0.29) is 12.5 Å². The Morgan fingerprint density at radius 1 is 1.15 bits per heavy atom. The summed E-state index contributed by atoms with van der Waals surface area (Å²) in [7, 11) is 1.57. The molecule has 0 bridgehead atoms. The zero-order chi connectivity index (χ0) is 18.4. The summed E-state index contributed by atoms with van der Waals surface area (Å²) in [5.74, 6) is 0.0377. The first-order chi connectivity index (χ1) is 12.7. The number of hydrogen-bond donors (Lipinski definition) is 1. The van der Waals surface area contributed by atoms with Gasteiger partial charge in [0.1, 0.15) is 12.3 Å². The van der Waals surface area contributed by atoms with Crippen LogP contribution in [0.25, 0.3) is 11.4 Å². The Labute approximate surface area is 150 Å². The molecule has 3 aromatic rings. The molecule has 1 amide bonds. The van der Waals surface area contributed by atoms with Crippen molar-refractivity contribution in [2.75, 3.05) is 13.7 Å². The largest absolute Gasteiger partial charge is 0.497 e. The van der Waals surface area contributed by atoms with Crippen LogP contribution in [0.3, 0.4) is 0 Å². The molecule has 0 saturated heterocycles. The molecule has 3 rings (SSSR count). The van der Waals surface area contributed by atoms with E-state index in [4.69, 9.17) is 9.26 Å². The van der Waals surface area contributed by atoms with Crippen molar-refractivity contribution in [2.24, 2.45) is 0 Å². The first-order valence-corrected chi connectivity index (χ1v) is 8.19. The van der Waals surface area contributed by atoms with Crippen molar-refractivity contribution in [2.45, 2.75) is 13.0 Å². The minimum atomic E-state index is -0.672. The molecule has 0 radical (unpaired) electrons. The molecule has 7 nitrogen and oxygen atoms in total. The van der Waals surface area contributed by atoms with E-state index in [1.54, 1.807) is 31.4 Å². The van der Waals surface area contributed by atoms with E-state index in [1.165, 1.54) is 4.57 Å². The van der Waals surface area contributed by atoms with Crippen LogP contribution in [-0.2, 0) is 17.8 Å². The number of nitrogens with one attached hydrogen (secondary N) is 1. The maximum Gasteiger partial charge on any atom is 0.442 e. The lowest BCUT2D eigenvalue weighted by atomic mass is 10.1. The summed E-state index contributed by atoms with van der Waals surface area (Å²) in [5, 5.41) is 6.58. The fraction of sp³-hybridized carbons (Fsp3) is 0.211. The third-order valence-electron chi connectivity index (χ3n) is 3.91. The number of methoxy groups -OCH3 is 1. The lowest BCUT2D eigenvalue weighted by Crippen LogP contribution is -2.32. The number of aromatic nitrogens is 2. The van der Waals surface area contributed by atoms with Crippen molar-refractivity contribution in [3.63, 3.8) is 0 Å². The second-order valence-electron chi connectivity index (χ2n) is 5.67. The Balaban J connectivity index is 1.64. The van der Waals surface area contributed by atoms with Gasteiger partial charge in [-0.3, -0.25) is 9.32 Å². The standard InChI is InChI=1S/C19H19N3O4/c1-25-16-9-7-15(8-10-16)18-21-26-19(24)22(18)13-17(23)20-12-11-14-5-3-2-4-6-14/h2-10H,11-13H2,1H3,(H,20,23). The highest BCUT2D eigenvalue weighted by Gasteiger charge is 2.15. The summed E-state index contributed by atoms with van der Waals surface area (Å²) >= 11 is 0. The Bertz CT molecular complexity index is 914. The Kier molecular flexibility index (Phi) is 5.48. The van der Waals surface area contributed by atoms with Gasteiger partial charge in [-0.05, 0) is 36.2 Å². The number of nitrogens with zero attached hydrogens (tertiary/aromatic N) is 2. The smallest absolute Gasteiger partial charge is 0.442 e. The molecule has 1 aromatic heterocycles. The number of carbonyl (C=O) groups is 1. The summed E-state index contributed by atoms with van der Waals surface area (Å²) < 4.78 is 11.0. The Morgan fingerprint density at radius 3 is 2.58 bits per heavy atom. The van der Waals surface area contributed by atoms with Gasteiger partial charge in [0.2, 0.25) is 5.91 Å². The molecule has 0 saturated carbocycles. The summed E-state index contributed by atoms with van der Waals surface area (Å²) in [6.07, 6.45) is 0.719. The van der Waals surface area contributed by atoms with Crippen LogP contribution in [0.1, 0.15) is 5.56 Å². The van der Waals surface area contributed by atoms with E-state index in [0.29, 0.717) is 23.7 Å². The zero-order valence-corrected chi connectivity index (χ0v) is 14.3. The monoisotopic (exact) mass is 353 g/mol. The molecule has 0 fully saturated rings. The van der Waals surface area contributed by atoms with Gasteiger partial charge in [0.25, 0.3) is 0 Å². The van der Waals surface area contributed by atoms with E-state index >= 15 is 0 Å². The summed E-state index contributed by atoms with van der Waals surface area (Å²) in [4.78, 5) is 24.1. The molecule has 1 heterocycles. The lowest BCUT2D eigenvalue weighted by molar-refractivity contribution is -0.121. The molecule has 0 unspecified atom stereocenters. The number of ether oxygens (including phenoxy) is 1. The highest BCUT2D eigenvalue weighted by Crippen LogP contribution is 2.19. The number of carbonyl (C=O) groups excluding carboxylic acids is 1. The van der Waals surface area contributed by atoms with Crippen LogP contribution >= 0.6 is 0 Å². The molecular weight excluding hydrogens is 334 g/mol. The predicted molar refractivity (Wildman–Crippen MR) is 95.9 cm³/mol. The SMILES string of the molecule is COc1ccc(-c2noc(=O)n2CC(=O)NCCc2ccccc2)cc1. The minimum absolute atomic E-state index is 0.154. The topological polar surface area (TPSA) is 86.4 Å². The second kappa shape index (κ2) is 8.15. The third-order valence-corrected chi connectivity index (χ3v) is 3.91. The van der Waals surface area contributed by atoms with Crippen LogP contribution in [0.15, 0.2) is 63.9 Å². The van der Waals surface area contributed by atoms with Gasteiger partial charge in [-0.15, -0.1) is 0 Å². The molecule has 26 heavy (non-hydrogen) atoms. The number of benzene rings is 2. The highest BCUT2D eigenvalue weighted by molar-refractivity contribution is 5.76. The normalized spacial score (nSPS) is 10.5. The van der Waals surface area contributed by atoms with Gasteiger partial charge < -0.3 is 10.1 Å². The van der Waals surface area contributed by atoms with Crippen LogP contribution in [-0.4, -0.2) is 29.3 Å². The molecule has 134 valence electrons. The maximum absolute atomic E-state index is 12.2.